The minimum Gasteiger partial charge on any atom is -0.497 e. The monoisotopic (exact) mass is 465 g/mol. The van der Waals surface area contributed by atoms with Crippen LogP contribution in [0.1, 0.15) is 38.5 Å². The van der Waals surface area contributed by atoms with Crippen LogP contribution in [0.25, 0.3) is 0 Å². The summed E-state index contributed by atoms with van der Waals surface area (Å²) in [5.41, 5.74) is 2.14. The second kappa shape index (κ2) is 10.5. The van der Waals surface area contributed by atoms with E-state index in [0.717, 1.165) is 24.2 Å². The average molecular weight is 466 g/mol. The third-order valence-corrected chi connectivity index (χ3v) is 6.21. The number of allylic oxidation sites excluding steroid dienone is 1. The van der Waals surface area contributed by atoms with E-state index in [-0.39, 0.29) is 6.42 Å². The van der Waals surface area contributed by atoms with E-state index in [1.54, 1.807) is 31.4 Å². The van der Waals surface area contributed by atoms with Gasteiger partial charge >= 0.3 is 6.03 Å². The molecule has 34 heavy (non-hydrogen) atoms. The zero-order valence-corrected chi connectivity index (χ0v) is 19.1. The van der Waals surface area contributed by atoms with Crippen molar-refractivity contribution < 1.29 is 23.5 Å². The van der Waals surface area contributed by atoms with Crippen molar-refractivity contribution in [1.29, 1.82) is 0 Å². The molecule has 1 saturated heterocycles. The maximum atomic E-state index is 13.4. The van der Waals surface area contributed by atoms with Crippen LogP contribution in [0.2, 0.25) is 0 Å². The lowest BCUT2D eigenvalue weighted by molar-refractivity contribution is -0.124. The number of amides is 4. The van der Waals surface area contributed by atoms with Crippen molar-refractivity contribution in [3.63, 3.8) is 0 Å². The number of hydrogen-bond acceptors (Lipinski definition) is 4. The Hall–Kier alpha value is -3.68. The van der Waals surface area contributed by atoms with Crippen LogP contribution >= 0.6 is 0 Å². The first-order valence-corrected chi connectivity index (χ1v) is 11.5. The second-order valence-electron chi connectivity index (χ2n) is 8.48. The summed E-state index contributed by atoms with van der Waals surface area (Å²) in [6.45, 7) is 0.359. The van der Waals surface area contributed by atoms with E-state index >= 15 is 0 Å². The van der Waals surface area contributed by atoms with Gasteiger partial charge in [-0.25, -0.2) is 14.1 Å². The van der Waals surface area contributed by atoms with Gasteiger partial charge in [0.05, 0.1) is 19.2 Å². The van der Waals surface area contributed by atoms with Crippen LogP contribution in [0, 0.1) is 5.82 Å². The molecular weight excluding hydrogens is 437 g/mol. The van der Waals surface area contributed by atoms with Crippen molar-refractivity contribution in [2.24, 2.45) is 0 Å². The van der Waals surface area contributed by atoms with Gasteiger partial charge in [-0.05, 0) is 80.6 Å². The molecular formula is C26H28FN3O4. The molecule has 1 aliphatic heterocycles. The van der Waals surface area contributed by atoms with Gasteiger partial charge in [-0.3, -0.25) is 9.59 Å². The van der Waals surface area contributed by atoms with E-state index < -0.39 is 29.7 Å². The Morgan fingerprint density at radius 3 is 2.47 bits per heavy atom. The molecule has 178 valence electrons. The molecule has 1 fully saturated rings. The van der Waals surface area contributed by atoms with Gasteiger partial charge in [-0.15, -0.1) is 0 Å². The van der Waals surface area contributed by atoms with Gasteiger partial charge in [0.15, 0.2) is 0 Å². The number of methoxy groups -OCH3 is 1. The van der Waals surface area contributed by atoms with Crippen molar-refractivity contribution in [3.8, 4) is 5.75 Å². The predicted molar refractivity (Wildman–Crippen MR) is 127 cm³/mol. The molecule has 1 N–H and O–H groups in total. The third-order valence-electron chi connectivity index (χ3n) is 6.21. The van der Waals surface area contributed by atoms with Crippen molar-refractivity contribution in [3.05, 3.63) is 66.0 Å². The quantitative estimate of drug-likeness (QED) is 0.445. The molecule has 2 aliphatic rings. The van der Waals surface area contributed by atoms with E-state index in [1.807, 2.05) is 0 Å². The largest absolute Gasteiger partial charge is 0.497 e. The lowest BCUT2D eigenvalue weighted by atomic mass is 9.97. The van der Waals surface area contributed by atoms with Crippen LogP contribution in [0.3, 0.4) is 0 Å². The normalized spacial score (nSPS) is 18.2. The SMILES string of the molecule is COc1ccc(N2C(=O)[C@@H](CC(=O)Nc3ccc(F)cc3)N(CCC3=CCCCC3)C2=O)cc1. The highest BCUT2D eigenvalue weighted by atomic mass is 19.1. The molecule has 1 atom stereocenters. The molecule has 0 saturated carbocycles. The highest BCUT2D eigenvalue weighted by Crippen LogP contribution is 2.30. The number of ether oxygens (including phenoxy) is 1. The Balaban J connectivity index is 1.53. The van der Waals surface area contributed by atoms with Crippen LogP contribution in [-0.4, -0.2) is 42.4 Å². The van der Waals surface area contributed by atoms with Crippen LogP contribution in [0.4, 0.5) is 20.6 Å². The zero-order chi connectivity index (χ0) is 24.1. The molecule has 0 spiro atoms. The molecule has 1 aliphatic carbocycles. The number of urea groups is 1. The predicted octanol–water partition coefficient (Wildman–Crippen LogP) is 4.89. The van der Waals surface area contributed by atoms with Gasteiger partial charge in [-0.1, -0.05) is 11.6 Å². The summed E-state index contributed by atoms with van der Waals surface area (Å²) in [7, 11) is 1.54. The maximum absolute atomic E-state index is 13.4. The van der Waals surface area contributed by atoms with Crippen LogP contribution < -0.4 is 15.0 Å². The fourth-order valence-corrected chi connectivity index (χ4v) is 4.37. The summed E-state index contributed by atoms with van der Waals surface area (Å²) in [5, 5.41) is 2.68. The number of hydrogen-bond donors (Lipinski definition) is 1. The summed E-state index contributed by atoms with van der Waals surface area (Å²) in [6.07, 6.45) is 7.02. The third kappa shape index (κ3) is 5.27. The summed E-state index contributed by atoms with van der Waals surface area (Å²) >= 11 is 0. The molecule has 4 rings (SSSR count). The van der Waals surface area contributed by atoms with E-state index in [0.29, 0.717) is 30.1 Å². The number of imide groups is 1. The number of rotatable bonds is 8. The number of anilines is 2. The van der Waals surface area contributed by atoms with Crippen molar-refractivity contribution in [2.75, 3.05) is 23.9 Å². The summed E-state index contributed by atoms with van der Waals surface area (Å²) in [4.78, 5) is 42.1. The second-order valence-corrected chi connectivity index (χ2v) is 8.48. The fourth-order valence-electron chi connectivity index (χ4n) is 4.37. The molecule has 1 heterocycles. The molecule has 0 bridgehead atoms. The molecule has 0 radical (unpaired) electrons. The Kier molecular flexibility index (Phi) is 7.25. The Morgan fingerprint density at radius 1 is 1.09 bits per heavy atom. The highest BCUT2D eigenvalue weighted by Gasteiger charge is 2.46. The molecule has 0 unspecified atom stereocenters. The first-order chi connectivity index (χ1) is 16.5. The smallest absolute Gasteiger partial charge is 0.332 e. The Morgan fingerprint density at radius 2 is 1.82 bits per heavy atom. The van der Waals surface area contributed by atoms with Crippen LogP contribution in [-0.2, 0) is 9.59 Å². The Labute approximate surface area is 198 Å². The van der Waals surface area contributed by atoms with Gasteiger partial charge in [0, 0.05) is 12.2 Å². The van der Waals surface area contributed by atoms with E-state index in [2.05, 4.69) is 11.4 Å². The summed E-state index contributed by atoms with van der Waals surface area (Å²) in [6, 6.07) is 10.7. The summed E-state index contributed by atoms with van der Waals surface area (Å²) in [5.74, 6) is -0.662. The van der Waals surface area contributed by atoms with E-state index in [4.69, 9.17) is 4.74 Å². The molecule has 7 nitrogen and oxygen atoms in total. The van der Waals surface area contributed by atoms with Crippen molar-refractivity contribution in [1.82, 2.24) is 4.90 Å². The molecule has 4 amide bonds. The lowest BCUT2D eigenvalue weighted by Crippen LogP contribution is -2.38. The minimum absolute atomic E-state index is 0.187. The molecule has 8 heteroatoms. The number of nitrogens with zero attached hydrogens (tertiary/aromatic N) is 2. The number of nitrogens with one attached hydrogen (secondary N) is 1. The number of carbonyl (C=O) groups excluding carboxylic acids is 3. The molecule has 2 aromatic rings. The minimum atomic E-state index is -0.917. The number of halogens is 1. The van der Waals surface area contributed by atoms with Crippen molar-refractivity contribution in [2.45, 2.75) is 44.6 Å². The average Bonchev–Trinajstić information content (AvgIpc) is 3.08. The lowest BCUT2D eigenvalue weighted by Gasteiger charge is -2.23. The molecule has 2 aromatic carbocycles. The van der Waals surface area contributed by atoms with Crippen molar-refractivity contribution >= 4 is 29.2 Å². The molecule has 0 aromatic heterocycles. The number of benzene rings is 2. The van der Waals surface area contributed by atoms with E-state index in [9.17, 15) is 18.8 Å². The summed E-state index contributed by atoms with van der Waals surface area (Å²) < 4.78 is 18.3. The van der Waals surface area contributed by atoms with Gasteiger partial charge in [0.2, 0.25) is 5.91 Å². The fraction of sp³-hybridized carbons (Fsp3) is 0.346. The van der Waals surface area contributed by atoms with Crippen LogP contribution in [0.5, 0.6) is 5.75 Å². The number of carbonyl (C=O) groups is 3. The standard InChI is InChI=1S/C26H28FN3O4/c1-34-22-13-11-21(12-14-22)30-25(32)23(17-24(31)28-20-9-7-19(27)8-10-20)29(26(30)33)16-15-18-5-3-2-4-6-18/h5,7-14,23H,2-4,6,15-17H2,1H3,(H,28,31)/t23-/m1/s1. The van der Waals surface area contributed by atoms with E-state index in [1.165, 1.54) is 41.2 Å². The first kappa shape index (κ1) is 23.5. The van der Waals surface area contributed by atoms with Gasteiger partial charge < -0.3 is 15.0 Å². The maximum Gasteiger partial charge on any atom is 0.332 e. The first-order valence-electron chi connectivity index (χ1n) is 11.5. The van der Waals surface area contributed by atoms with Gasteiger partial charge in [0.1, 0.15) is 17.6 Å². The topological polar surface area (TPSA) is 79.0 Å². The van der Waals surface area contributed by atoms with Crippen LogP contribution in [0.15, 0.2) is 60.2 Å². The Bertz CT molecular complexity index is 1080. The zero-order valence-electron chi connectivity index (χ0n) is 19.1. The highest BCUT2D eigenvalue weighted by molar-refractivity contribution is 6.22. The van der Waals surface area contributed by atoms with Gasteiger partial charge in [0.25, 0.3) is 5.91 Å². The van der Waals surface area contributed by atoms with Gasteiger partial charge in [-0.2, -0.15) is 0 Å².